The number of carbonyl (C=O) groups excluding carboxylic acids is 1. The van der Waals surface area contributed by atoms with E-state index >= 15 is 0 Å². The fourth-order valence-corrected chi connectivity index (χ4v) is 6.04. The van der Waals surface area contributed by atoms with Crippen molar-refractivity contribution in [3.8, 4) is 0 Å². The number of aromatic nitrogens is 1. The zero-order valence-electron chi connectivity index (χ0n) is 19.5. The van der Waals surface area contributed by atoms with E-state index in [9.17, 15) is 13.2 Å². The average molecular weight is 540 g/mol. The Morgan fingerprint density at radius 2 is 1.81 bits per heavy atom. The van der Waals surface area contributed by atoms with Gasteiger partial charge in [-0.15, -0.1) is 11.3 Å². The number of oxime groups is 1. The number of thiazole rings is 1. The number of benzene rings is 3. The topological polar surface area (TPSA) is 167 Å². The lowest BCUT2D eigenvalue weighted by molar-refractivity contribution is 0.0944. The van der Waals surface area contributed by atoms with Crippen LogP contribution in [0.3, 0.4) is 0 Å². The Balaban J connectivity index is 1.69. The lowest BCUT2D eigenvalue weighted by Crippen LogP contribution is -2.31. The van der Waals surface area contributed by atoms with E-state index in [4.69, 9.17) is 16.0 Å². The lowest BCUT2D eigenvalue weighted by Gasteiger charge is -2.18. The number of para-hydroxylation sites is 1. The molecule has 6 N–H and O–H groups in total. The number of nitrogens with one attached hydrogen (secondary N) is 2. The second-order valence-corrected chi connectivity index (χ2v) is 10.9. The van der Waals surface area contributed by atoms with E-state index in [0.29, 0.717) is 10.6 Å². The minimum Gasteiger partial charge on any atom is -0.409 e. The van der Waals surface area contributed by atoms with Crippen LogP contribution in [0.4, 0.5) is 0 Å². The number of amidine groups is 1. The number of aliphatic hydroxyl groups is 1. The standard InChI is InChI=1S/C25H25N5O5S2/c26-23(29-33)17-6-3-5-16(13-17)14-21(25-28-20-9-1-2-10-22(20)36-25)30-37(34,35)19-8-4-7-18(15-19)24(32)27-11-12-31/h1-10,13,15,21,30-31,33H,11-12,14H2,(H2,26,29)(H,27,32). The maximum Gasteiger partial charge on any atom is 0.251 e. The second kappa shape index (κ2) is 11.5. The van der Waals surface area contributed by atoms with Gasteiger partial charge in [-0.25, -0.2) is 18.1 Å². The molecule has 0 spiro atoms. The summed E-state index contributed by atoms with van der Waals surface area (Å²) in [5.41, 5.74) is 7.87. The summed E-state index contributed by atoms with van der Waals surface area (Å²) in [7, 11) is -4.07. The van der Waals surface area contributed by atoms with Crippen LogP contribution in [0.5, 0.6) is 0 Å². The van der Waals surface area contributed by atoms with Crippen molar-refractivity contribution in [2.75, 3.05) is 13.2 Å². The maximum atomic E-state index is 13.5. The molecule has 0 saturated heterocycles. The third-order valence-corrected chi connectivity index (χ3v) is 8.10. The predicted octanol–water partition coefficient (Wildman–Crippen LogP) is 2.38. The van der Waals surface area contributed by atoms with E-state index in [1.165, 1.54) is 35.6 Å². The zero-order valence-corrected chi connectivity index (χ0v) is 21.2. The highest BCUT2D eigenvalue weighted by Crippen LogP contribution is 2.30. The van der Waals surface area contributed by atoms with E-state index in [2.05, 4.69) is 20.2 Å². The Morgan fingerprint density at radius 3 is 2.57 bits per heavy atom. The Labute approximate surface area is 217 Å². The zero-order chi connectivity index (χ0) is 26.4. The molecule has 1 amide bonds. The number of rotatable bonds is 10. The van der Waals surface area contributed by atoms with Crippen LogP contribution in [0.2, 0.25) is 0 Å². The van der Waals surface area contributed by atoms with Crippen molar-refractivity contribution >= 4 is 43.3 Å². The Bertz CT molecular complexity index is 1520. The summed E-state index contributed by atoms with van der Waals surface area (Å²) in [6, 6.07) is 19.4. The number of amides is 1. The molecule has 1 heterocycles. The second-order valence-electron chi connectivity index (χ2n) is 8.09. The number of carbonyl (C=O) groups is 1. The number of fused-ring (bicyclic) bond motifs is 1. The Hall–Kier alpha value is -3.84. The van der Waals surface area contributed by atoms with Gasteiger partial charge in [-0.05, 0) is 48.4 Å². The molecule has 1 atom stereocenters. The van der Waals surface area contributed by atoms with Crippen molar-refractivity contribution in [2.45, 2.75) is 17.4 Å². The van der Waals surface area contributed by atoms with Gasteiger partial charge < -0.3 is 21.4 Å². The fraction of sp³-hybridized carbons (Fsp3) is 0.160. The summed E-state index contributed by atoms with van der Waals surface area (Å²) in [4.78, 5) is 16.9. The highest BCUT2D eigenvalue weighted by Gasteiger charge is 2.25. The van der Waals surface area contributed by atoms with Gasteiger partial charge in [0.1, 0.15) is 5.01 Å². The average Bonchev–Trinajstić information content (AvgIpc) is 3.35. The van der Waals surface area contributed by atoms with Crippen LogP contribution in [0.1, 0.15) is 32.5 Å². The minimum absolute atomic E-state index is 0.0539. The molecular formula is C25H25N5O5S2. The summed E-state index contributed by atoms with van der Waals surface area (Å²) < 4.78 is 30.6. The number of nitrogens with two attached hydrogens (primary N) is 1. The highest BCUT2D eigenvalue weighted by molar-refractivity contribution is 7.89. The molecular weight excluding hydrogens is 514 g/mol. The molecule has 4 aromatic rings. The molecule has 37 heavy (non-hydrogen) atoms. The minimum atomic E-state index is -4.07. The molecule has 0 aliphatic rings. The molecule has 12 heteroatoms. The number of nitrogens with zero attached hydrogens (tertiary/aromatic N) is 2. The van der Waals surface area contributed by atoms with Crippen molar-refractivity contribution in [1.29, 1.82) is 0 Å². The number of aliphatic hydroxyl groups excluding tert-OH is 1. The molecule has 3 aromatic carbocycles. The number of hydrogen-bond acceptors (Lipinski definition) is 8. The third kappa shape index (κ3) is 6.30. The monoisotopic (exact) mass is 539 g/mol. The molecule has 10 nitrogen and oxygen atoms in total. The smallest absolute Gasteiger partial charge is 0.251 e. The summed E-state index contributed by atoms with van der Waals surface area (Å²) in [6.07, 6.45) is 0.238. The van der Waals surface area contributed by atoms with E-state index in [1.54, 1.807) is 18.2 Å². The van der Waals surface area contributed by atoms with Crippen LogP contribution in [0.25, 0.3) is 10.2 Å². The molecule has 4 rings (SSSR count). The van der Waals surface area contributed by atoms with Gasteiger partial charge in [0.2, 0.25) is 10.0 Å². The summed E-state index contributed by atoms with van der Waals surface area (Å²) in [6.45, 7) is -0.176. The van der Waals surface area contributed by atoms with Gasteiger partial charge in [0.15, 0.2) is 5.84 Å². The van der Waals surface area contributed by atoms with Crippen LogP contribution >= 0.6 is 11.3 Å². The summed E-state index contributed by atoms with van der Waals surface area (Å²) in [5.74, 6) is -0.552. The Morgan fingerprint density at radius 1 is 1.05 bits per heavy atom. The van der Waals surface area contributed by atoms with Gasteiger partial charge >= 0.3 is 0 Å². The molecule has 0 bridgehead atoms. The van der Waals surface area contributed by atoms with E-state index in [-0.39, 0.29) is 35.9 Å². The van der Waals surface area contributed by atoms with Crippen molar-refractivity contribution in [3.63, 3.8) is 0 Å². The highest BCUT2D eigenvalue weighted by atomic mass is 32.2. The molecule has 1 aromatic heterocycles. The molecule has 0 saturated carbocycles. The first kappa shape index (κ1) is 26.2. The van der Waals surface area contributed by atoms with Gasteiger partial charge in [0.25, 0.3) is 5.91 Å². The van der Waals surface area contributed by atoms with E-state index in [1.807, 2.05) is 30.3 Å². The third-order valence-electron chi connectivity index (χ3n) is 5.48. The molecule has 0 fully saturated rings. The number of sulfonamides is 1. The molecule has 0 radical (unpaired) electrons. The predicted molar refractivity (Wildman–Crippen MR) is 141 cm³/mol. The lowest BCUT2D eigenvalue weighted by atomic mass is 10.0. The van der Waals surface area contributed by atoms with Gasteiger partial charge in [0, 0.05) is 17.7 Å². The molecule has 1 unspecified atom stereocenters. The van der Waals surface area contributed by atoms with E-state index < -0.39 is 22.0 Å². The SMILES string of the molecule is N/C(=N/O)c1cccc(CC(NS(=O)(=O)c2cccc(C(=O)NCCO)c2)c2nc3ccccc3s2)c1. The molecule has 192 valence electrons. The quantitative estimate of drug-likeness (QED) is 0.0892. The Kier molecular flexibility index (Phi) is 8.14. The van der Waals surface area contributed by atoms with Crippen LogP contribution in [0, 0.1) is 0 Å². The maximum absolute atomic E-state index is 13.5. The normalized spacial score (nSPS) is 12.9. The van der Waals surface area contributed by atoms with Gasteiger partial charge in [-0.2, -0.15) is 0 Å². The van der Waals surface area contributed by atoms with Crippen molar-refractivity contribution in [2.24, 2.45) is 10.9 Å². The van der Waals surface area contributed by atoms with Crippen LogP contribution in [-0.2, 0) is 16.4 Å². The summed E-state index contributed by atoms with van der Waals surface area (Å²) >= 11 is 1.38. The fourth-order valence-electron chi connectivity index (χ4n) is 3.70. The van der Waals surface area contributed by atoms with Gasteiger partial charge in [0.05, 0.1) is 27.8 Å². The molecule has 0 aliphatic heterocycles. The number of hydrogen-bond donors (Lipinski definition) is 5. The van der Waals surface area contributed by atoms with Crippen LogP contribution in [0.15, 0.2) is 82.8 Å². The first-order valence-electron chi connectivity index (χ1n) is 11.2. The van der Waals surface area contributed by atoms with Crippen molar-refractivity contribution < 1.29 is 23.5 Å². The molecule has 0 aliphatic carbocycles. The van der Waals surface area contributed by atoms with Crippen LogP contribution in [-0.4, -0.2) is 48.6 Å². The van der Waals surface area contributed by atoms with Crippen molar-refractivity contribution in [1.82, 2.24) is 15.0 Å². The first-order chi connectivity index (χ1) is 17.8. The van der Waals surface area contributed by atoms with Gasteiger partial charge in [-0.1, -0.05) is 41.6 Å². The van der Waals surface area contributed by atoms with E-state index in [0.717, 1.165) is 15.8 Å². The van der Waals surface area contributed by atoms with Crippen molar-refractivity contribution in [3.05, 3.63) is 94.5 Å². The largest absolute Gasteiger partial charge is 0.409 e. The van der Waals surface area contributed by atoms with Gasteiger partial charge in [-0.3, -0.25) is 4.79 Å². The first-order valence-corrected chi connectivity index (χ1v) is 13.5. The van der Waals surface area contributed by atoms with Crippen LogP contribution < -0.4 is 15.8 Å². The summed E-state index contributed by atoms with van der Waals surface area (Å²) in [5, 5.41) is 24.1.